The third-order valence-corrected chi connectivity index (χ3v) is 2.32. The molecular weight excluding hydrogens is 152 g/mol. The van der Waals surface area contributed by atoms with Crippen LogP contribution in [0.25, 0.3) is 0 Å². The number of fused-ring (bicyclic) bond motifs is 1. The van der Waals surface area contributed by atoms with E-state index in [0.29, 0.717) is 5.88 Å². The van der Waals surface area contributed by atoms with Crippen LogP contribution in [0.1, 0.15) is 24.0 Å². The van der Waals surface area contributed by atoms with Gasteiger partial charge >= 0.3 is 0 Å². The van der Waals surface area contributed by atoms with Crippen molar-refractivity contribution in [3.8, 4) is 5.88 Å². The molecule has 0 saturated carbocycles. The summed E-state index contributed by atoms with van der Waals surface area (Å²) in [5.41, 5.74) is 2.58. The molecule has 0 aliphatic heterocycles. The van der Waals surface area contributed by atoms with Crippen LogP contribution in [0, 0.1) is 0 Å². The minimum absolute atomic E-state index is 0.715. The number of rotatable bonds is 1. The van der Waals surface area contributed by atoms with Crippen LogP contribution in [0.15, 0.2) is 6.20 Å². The number of methoxy groups -OCH3 is 1. The molecule has 64 valence electrons. The Hall–Kier alpha value is -1.12. The van der Waals surface area contributed by atoms with Crippen molar-refractivity contribution in [2.45, 2.75) is 25.7 Å². The van der Waals surface area contributed by atoms with Crippen molar-refractivity contribution in [1.29, 1.82) is 0 Å². The predicted molar refractivity (Wildman–Crippen MR) is 45.2 cm³/mol. The molecule has 0 aromatic carbocycles. The first-order valence-electron chi connectivity index (χ1n) is 4.29. The van der Waals surface area contributed by atoms with Gasteiger partial charge in [0.25, 0.3) is 0 Å². The summed E-state index contributed by atoms with van der Waals surface area (Å²) < 4.78 is 5.14. The van der Waals surface area contributed by atoms with Gasteiger partial charge in [-0.3, -0.25) is 0 Å². The SMILES string of the molecule is COc1nncc2c1CCCC2. The number of nitrogens with zero attached hydrogens (tertiary/aromatic N) is 2. The molecule has 1 aromatic heterocycles. The minimum atomic E-state index is 0.715. The first kappa shape index (κ1) is 7.53. The van der Waals surface area contributed by atoms with E-state index in [1.165, 1.54) is 24.0 Å². The van der Waals surface area contributed by atoms with Crippen LogP contribution in [-0.2, 0) is 12.8 Å². The van der Waals surface area contributed by atoms with E-state index in [-0.39, 0.29) is 0 Å². The summed E-state index contributed by atoms with van der Waals surface area (Å²) in [6, 6.07) is 0. The molecule has 1 aromatic rings. The normalized spacial score (nSPS) is 15.4. The second kappa shape index (κ2) is 3.09. The van der Waals surface area contributed by atoms with E-state index in [1.807, 2.05) is 6.20 Å². The Morgan fingerprint density at radius 1 is 1.33 bits per heavy atom. The fraction of sp³-hybridized carbons (Fsp3) is 0.556. The first-order chi connectivity index (χ1) is 5.92. The Labute approximate surface area is 71.8 Å². The molecule has 0 atom stereocenters. The fourth-order valence-electron chi connectivity index (χ4n) is 1.69. The van der Waals surface area contributed by atoms with Crippen LogP contribution in [0.2, 0.25) is 0 Å². The molecule has 0 spiro atoms. The van der Waals surface area contributed by atoms with Crippen LogP contribution in [0.5, 0.6) is 5.88 Å². The molecule has 0 fully saturated rings. The Balaban J connectivity index is 2.44. The second-order valence-electron chi connectivity index (χ2n) is 3.06. The van der Waals surface area contributed by atoms with Gasteiger partial charge < -0.3 is 4.74 Å². The van der Waals surface area contributed by atoms with Gasteiger partial charge in [0.1, 0.15) is 0 Å². The molecule has 0 N–H and O–H groups in total. The second-order valence-corrected chi connectivity index (χ2v) is 3.06. The summed E-state index contributed by atoms with van der Waals surface area (Å²) in [6.45, 7) is 0. The topological polar surface area (TPSA) is 35.0 Å². The van der Waals surface area contributed by atoms with E-state index < -0.39 is 0 Å². The van der Waals surface area contributed by atoms with Gasteiger partial charge in [-0.15, -0.1) is 5.10 Å². The van der Waals surface area contributed by atoms with Gasteiger partial charge in [0.05, 0.1) is 13.3 Å². The Bertz CT molecular complexity index is 272. The first-order valence-corrected chi connectivity index (χ1v) is 4.29. The molecule has 0 saturated heterocycles. The van der Waals surface area contributed by atoms with Gasteiger partial charge in [0.15, 0.2) is 0 Å². The highest BCUT2D eigenvalue weighted by Crippen LogP contribution is 2.25. The highest BCUT2D eigenvalue weighted by atomic mass is 16.5. The number of ether oxygens (including phenoxy) is 1. The molecular formula is C9H12N2O. The average molecular weight is 164 g/mol. The zero-order valence-corrected chi connectivity index (χ0v) is 7.21. The van der Waals surface area contributed by atoms with Gasteiger partial charge in [0.2, 0.25) is 5.88 Å². The van der Waals surface area contributed by atoms with E-state index in [0.717, 1.165) is 12.8 Å². The lowest BCUT2D eigenvalue weighted by molar-refractivity contribution is 0.382. The Morgan fingerprint density at radius 3 is 3.00 bits per heavy atom. The van der Waals surface area contributed by atoms with Crippen LogP contribution in [-0.4, -0.2) is 17.3 Å². The summed E-state index contributed by atoms with van der Waals surface area (Å²) >= 11 is 0. The third kappa shape index (κ3) is 1.15. The molecule has 3 nitrogen and oxygen atoms in total. The molecule has 3 heteroatoms. The molecule has 12 heavy (non-hydrogen) atoms. The van der Waals surface area contributed by atoms with Gasteiger partial charge in [-0.25, -0.2) is 0 Å². The maximum atomic E-state index is 5.14. The van der Waals surface area contributed by atoms with Crippen LogP contribution in [0.3, 0.4) is 0 Å². The van der Waals surface area contributed by atoms with E-state index in [4.69, 9.17) is 4.74 Å². The molecule has 0 radical (unpaired) electrons. The van der Waals surface area contributed by atoms with Gasteiger partial charge in [0, 0.05) is 5.56 Å². The summed E-state index contributed by atoms with van der Waals surface area (Å²) in [5, 5.41) is 7.83. The quantitative estimate of drug-likeness (QED) is 0.628. The highest BCUT2D eigenvalue weighted by Gasteiger charge is 2.14. The molecule has 1 aliphatic carbocycles. The minimum Gasteiger partial charge on any atom is -0.480 e. The molecule has 0 unspecified atom stereocenters. The van der Waals surface area contributed by atoms with Gasteiger partial charge in [-0.05, 0) is 31.2 Å². The maximum absolute atomic E-state index is 5.14. The zero-order chi connectivity index (χ0) is 8.39. The number of hydrogen-bond acceptors (Lipinski definition) is 3. The van der Waals surface area contributed by atoms with Crippen molar-refractivity contribution >= 4 is 0 Å². The molecule has 0 bridgehead atoms. The van der Waals surface area contributed by atoms with Gasteiger partial charge in [-0.2, -0.15) is 5.10 Å². The molecule has 1 aliphatic rings. The van der Waals surface area contributed by atoms with Gasteiger partial charge in [-0.1, -0.05) is 0 Å². The van der Waals surface area contributed by atoms with Crippen molar-refractivity contribution < 1.29 is 4.74 Å². The third-order valence-electron chi connectivity index (χ3n) is 2.32. The summed E-state index contributed by atoms with van der Waals surface area (Å²) in [7, 11) is 1.65. The standard InChI is InChI=1S/C9H12N2O/c1-12-9-8-5-3-2-4-7(8)6-10-11-9/h6H,2-5H2,1H3. The highest BCUT2D eigenvalue weighted by molar-refractivity contribution is 5.33. The lowest BCUT2D eigenvalue weighted by Gasteiger charge is -2.15. The van der Waals surface area contributed by atoms with Crippen molar-refractivity contribution in [3.05, 3.63) is 17.3 Å². The van der Waals surface area contributed by atoms with E-state index in [2.05, 4.69) is 10.2 Å². The van der Waals surface area contributed by atoms with Crippen LogP contribution in [0.4, 0.5) is 0 Å². The number of aryl methyl sites for hydroxylation is 1. The Kier molecular flexibility index (Phi) is 1.94. The van der Waals surface area contributed by atoms with Crippen LogP contribution < -0.4 is 4.74 Å². The van der Waals surface area contributed by atoms with Crippen LogP contribution >= 0.6 is 0 Å². The molecule has 1 heterocycles. The van der Waals surface area contributed by atoms with E-state index >= 15 is 0 Å². The monoisotopic (exact) mass is 164 g/mol. The van der Waals surface area contributed by atoms with Crippen molar-refractivity contribution in [2.75, 3.05) is 7.11 Å². The van der Waals surface area contributed by atoms with Crippen molar-refractivity contribution in [3.63, 3.8) is 0 Å². The van der Waals surface area contributed by atoms with E-state index in [9.17, 15) is 0 Å². The smallest absolute Gasteiger partial charge is 0.236 e. The largest absolute Gasteiger partial charge is 0.480 e. The fourth-order valence-corrected chi connectivity index (χ4v) is 1.69. The number of hydrogen-bond donors (Lipinski definition) is 0. The maximum Gasteiger partial charge on any atom is 0.236 e. The molecule has 2 rings (SSSR count). The summed E-state index contributed by atoms with van der Waals surface area (Å²) in [5.74, 6) is 0.715. The predicted octanol–water partition coefficient (Wildman–Crippen LogP) is 1.36. The summed E-state index contributed by atoms with van der Waals surface area (Å²) in [6.07, 6.45) is 6.59. The van der Waals surface area contributed by atoms with Crippen molar-refractivity contribution in [1.82, 2.24) is 10.2 Å². The Morgan fingerprint density at radius 2 is 2.17 bits per heavy atom. The molecule has 0 amide bonds. The zero-order valence-electron chi connectivity index (χ0n) is 7.21. The summed E-state index contributed by atoms with van der Waals surface area (Å²) in [4.78, 5) is 0. The average Bonchev–Trinajstić information content (AvgIpc) is 2.17. The number of aromatic nitrogens is 2. The lowest BCUT2D eigenvalue weighted by atomic mass is 9.94. The van der Waals surface area contributed by atoms with E-state index in [1.54, 1.807) is 7.11 Å². The lowest BCUT2D eigenvalue weighted by Crippen LogP contribution is -2.07. The van der Waals surface area contributed by atoms with Crippen molar-refractivity contribution in [2.24, 2.45) is 0 Å².